The molecule has 1 saturated heterocycles. The molecule has 0 unspecified atom stereocenters. The van der Waals surface area contributed by atoms with E-state index in [1.165, 1.54) is 5.06 Å². The van der Waals surface area contributed by atoms with Crippen LogP contribution in [0, 0.1) is 5.41 Å². The molecule has 0 aliphatic carbocycles. The van der Waals surface area contributed by atoms with Gasteiger partial charge in [0.2, 0.25) is 0 Å². The molecule has 1 rings (SSSR count). The molecule has 1 aliphatic heterocycles. The maximum atomic E-state index is 11.9. The second-order valence-corrected chi connectivity index (χ2v) is 7.62. The smallest absolute Gasteiger partial charge is 0.311 e. The van der Waals surface area contributed by atoms with Crippen molar-refractivity contribution in [3.63, 3.8) is 0 Å². The Morgan fingerprint density at radius 3 is 1.84 bits per heavy atom. The van der Waals surface area contributed by atoms with Crippen molar-refractivity contribution >= 4 is 5.97 Å². The minimum atomic E-state index is -0.482. The number of ether oxygens (including phenoxy) is 1. The van der Waals surface area contributed by atoms with Gasteiger partial charge in [-0.1, -0.05) is 0 Å². The summed E-state index contributed by atoms with van der Waals surface area (Å²) in [4.78, 5) is 11.9. The zero-order chi connectivity index (χ0) is 14.4. The number of piperidine rings is 1. The summed E-state index contributed by atoms with van der Waals surface area (Å²) in [6.07, 6.45) is 1.16. The van der Waals surface area contributed by atoms with Crippen LogP contribution in [0.15, 0.2) is 0 Å². The molecule has 0 aromatic rings. The summed E-state index contributed by atoms with van der Waals surface area (Å²) in [5.41, 5.74) is -1.25. The molecule has 109 valence electrons. The van der Waals surface area contributed by atoms with Gasteiger partial charge in [-0.3, -0.25) is 4.79 Å². The third-order valence-electron chi connectivity index (χ3n) is 3.49. The van der Waals surface area contributed by atoms with Gasteiger partial charge in [-0.2, -0.15) is 5.06 Å². The molecule has 1 radical (unpaired) electrons. The molecule has 0 amide bonds. The molecular weight excluding hydrogens is 319 g/mol. The van der Waals surface area contributed by atoms with Gasteiger partial charge in [-0.15, -0.1) is 0 Å². The molecule has 1 heterocycles. The van der Waals surface area contributed by atoms with E-state index < -0.39 is 5.41 Å². The summed E-state index contributed by atoms with van der Waals surface area (Å²) < 4.78 is 5.60. The third kappa shape index (κ3) is 4.77. The van der Waals surface area contributed by atoms with Gasteiger partial charge in [-0.25, -0.2) is 0 Å². The first-order chi connectivity index (χ1) is 7.86. The predicted molar refractivity (Wildman–Crippen MR) is 70.4 cm³/mol. The van der Waals surface area contributed by atoms with E-state index in [1.807, 2.05) is 48.5 Å². The Labute approximate surface area is 142 Å². The van der Waals surface area contributed by atoms with Gasteiger partial charge in [-0.05, 0) is 48.5 Å². The van der Waals surface area contributed by atoms with Crippen LogP contribution in [-0.4, -0.2) is 33.4 Å². The minimum Gasteiger partial charge on any atom is -0.462 e. The first-order valence-electron chi connectivity index (χ1n) is 6.56. The van der Waals surface area contributed by atoms with Crippen LogP contribution in [0.3, 0.4) is 0 Å². The Morgan fingerprint density at radius 2 is 1.53 bits per heavy atom. The van der Waals surface area contributed by atoms with E-state index >= 15 is 0 Å². The van der Waals surface area contributed by atoms with Crippen molar-refractivity contribution in [2.24, 2.45) is 5.41 Å². The number of hydrogen-bond acceptors (Lipinski definition) is 4. The largest absolute Gasteiger partial charge is 0.462 e. The molecular formula is C14H27NO3Y. The zero-order valence-corrected chi connectivity index (χ0v) is 16.1. The van der Waals surface area contributed by atoms with Crippen LogP contribution in [0.1, 0.15) is 61.3 Å². The van der Waals surface area contributed by atoms with Gasteiger partial charge in [0.25, 0.3) is 0 Å². The van der Waals surface area contributed by atoms with Gasteiger partial charge >= 0.3 is 5.97 Å². The summed E-state index contributed by atoms with van der Waals surface area (Å²) >= 11 is 0. The van der Waals surface area contributed by atoms with Crippen molar-refractivity contribution in [3.8, 4) is 0 Å². The fourth-order valence-electron chi connectivity index (χ4n) is 2.59. The second kappa shape index (κ2) is 6.09. The molecule has 5 heteroatoms. The number of hydroxylamine groups is 2. The number of esters is 1. The normalized spacial score (nSPS) is 23.6. The van der Waals surface area contributed by atoms with Gasteiger partial charge in [0.1, 0.15) is 6.10 Å². The summed E-state index contributed by atoms with van der Waals surface area (Å²) in [7, 11) is 0. The first kappa shape index (κ1) is 19.5. The molecule has 0 saturated carbocycles. The maximum Gasteiger partial charge on any atom is 0.311 e. The number of carbonyl (C=O) groups excluding carboxylic acids is 1. The van der Waals surface area contributed by atoms with E-state index in [0.29, 0.717) is 12.8 Å². The Hall–Kier alpha value is 0.494. The van der Waals surface area contributed by atoms with Crippen LogP contribution in [0.25, 0.3) is 0 Å². The average Bonchev–Trinajstić information content (AvgIpc) is 2.11. The fraction of sp³-hybridized carbons (Fsp3) is 0.929. The van der Waals surface area contributed by atoms with E-state index in [1.54, 1.807) is 0 Å². The molecule has 1 aliphatic rings. The van der Waals surface area contributed by atoms with Crippen LogP contribution in [0.5, 0.6) is 0 Å². The molecule has 0 spiro atoms. The third-order valence-corrected chi connectivity index (χ3v) is 3.49. The fourth-order valence-corrected chi connectivity index (χ4v) is 2.59. The Morgan fingerprint density at radius 1 is 1.16 bits per heavy atom. The Balaban J connectivity index is 0.00000324. The zero-order valence-electron chi connectivity index (χ0n) is 13.3. The Bertz CT molecular complexity index is 316. The van der Waals surface area contributed by atoms with Crippen molar-refractivity contribution < 1.29 is 47.4 Å². The number of hydrogen-bond donors (Lipinski definition) is 1. The SMILES string of the molecule is CC(C)(C)C(=O)OC1CC(C)(C)N(O)C(C)(C)C1.[Y]. The standard InChI is InChI=1S/C14H27NO3.Y/c1-12(2,3)11(16)18-10-8-13(4,5)15(17)14(6,7)9-10;/h10,17H,8-9H2,1-7H3;. The molecule has 0 atom stereocenters. The van der Waals surface area contributed by atoms with Crippen LogP contribution >= 0.6 is 0 Å². The number of nitrogens with zero attached hydrogens (tertiary/aromatic N) is 1. The average molecular weight is 346 g/mol. The molecule has 0 aromatic carbocycles. The molecule has 1 N–H and O–H groups in total. The van der Waals surface area contributed by atoms with Gasteiger partial charge < -0.3 is 9.94 Å². The molecule has 4 nitrogen and oxygen atoms in total. The van der Waals surface area contributed by atoms with E-state index in [0.717, 1.165) is 0 Å². The summed E-state index contributed by atoms with van der Waals surface area (Å²) in [6, 6.07) is 0. The predicted octanol–water partition coefficient (Wildman–Crippen LogP) is 2.98. The molecule has 0 bridgehead atoms. The second-order valence-electron chi connectivity index (χ2n) is 7.62. The summed E-state index contributed by atoms with van der Waals surface area (Å²) in [5.74, 6) is -0.175. The van der Waals surface area contributed by atoms with Crippen molar-refractivity contribution in [1.82, 2.24) is 5.06 Å². The maximum absolute atomic E-state index is 11.9. The van der Waals surface area contributed by atoms with Crippen molar-refractivity contribution in [3.05, 3.63) is 0 Å². The van der Waals surface area contributed by atoms with Gasteiger partial charge in [0.15, 0.2) is 0 Å². The van der Waals surface area contributed by atoms with Crippen molar-refractivity contribution in [1.29, 1.82) is 0 Å². The quantitative estimate of drug-likeness (QED) is 0.742. The molecule has 19 heavy (non-hydrogen) atoms. The molecule has 1 fully saturated rings. The van der Waals surface area contributed by atoms with Crippen LogP contribution in [0.2, 0.25) is 0 Å². The van der Waals surface area contributed by atoms with Crippen LogP contribution in [-0.2, 0) is 42.2 Å². The number of rotatable bonds is 1. The molecule has 0 aromatic heterocycles. The Kier molecular flexibility index (Phi) is 6.24. The minimum absolute atomic E-state index is 0. The first-order valence-corrected chi connectivity index (χ1v) is 6.56. The van der Waals surface area contributed by atoms with Gasteiger partial charge in [0, 0.05) is 56.6 Å². The van der Waals surface area contributed by atoms with E-state index in [-0.39, 0.29) is 55.9 Å². The van der Waals surface area contributed by atoms with Crippen molar-refractivity contribution in [2.45, 2.75) is 78.5 Å². The topological polar surface area (TPSA) is 49.8 Å². The monoisotopic (exact) mass is 346 g/mol. The summed E-state index contributed by atoms with van der Waals surface area (Å²) in [5, 5.41) is 11.6. The van der Waals surface area contributed by atoms with Crippen LogP contribution in [0.4, 0.5) is 0 Å². The van der Waals surface area contributed by atoms with E-state index in [2.05, 4.69) is 0 Å². The van der Waals surface area contributed by atoms with Crippen LogP contribution < -0.4 is 0 Å². The van der Waals surface area contributed by atoms with Gasteiger partial charge in [0.05, 0.1) is 5.41 Å². The number of carbonyl (C=O) groups is 1. The summed E-state index contributed by atoms with van der Waals surface area (Å²) in [6.45, 7) is 13.4. The van der Waals surface area contributed by atoms with E-state index in [9.17, 15) is 10.0 Å². The van der Waals surface area contributed by atoms with Crippen molar-refractivity contribution in [2.75, 3.05) is 0 Å². The van der Waals surface area contributed by atoms with E-state index in [4.69, 9.17) is 4.74 Å².